The molecular weight excluding hydrogens is 494 g/mol. The second kappa shape index (κ2) is 10.3. The summed E-state index contributed by atoms with van der Waals surface area (Å²) in [5.41, 5.74) is 3.83. The molecule has 3 aromatic heterocycles. The Hall–Kier alpha value is -3.98. The number of nitrogens with one attached hydrogen (secondary N) is 1. The van der Waals surface area contributed by atoms with Crippen molar-refractivity contribution in [2.75, 3.05) is 5.32 Å². The zero-order chi connectivity index (χ0) is 27.1. The molecule has 2 N–H and O–H groups in total. The molecule has 2 saturated carbocycles. The van der Waals surface area contributed by atoms with Crippen LogP contribution < -0.4 is 15.6 Å². The van der Waals surface area contributed by atoms with Crippen LogP contribution in [0.3, 0.4) is 0 Å². The molecule has 9 heteroatoms. The smallest absolute Gasteiger partial charge is 0.274 e. The Morgan fingerprint density at radius 3 is 2.69 bits per heavy atom. The van der Waals surface area contributed by atoms with Crippen molar-refractivity contribution in [1.82, 2.24) is 19.1 Å². The number of hydrogen-bond donors (Lipinski definition) is 2. The van der Waals surface area contributed by atoms with Crippen LogP contribution in [0.25, 0.3) is 11.0 Å². The third kappa shape index (κ3) is 5.45. The number of ketones is 1. The summed E-state index contributed by atoms with van der Waals surface area (Å²) in [5.74, 6) is 2.43. The molecular formula is C30H33N5O4. The molecule has 1 aromatic carbocycles. The molecule has 0 bridgehead atoms. The highest BCUT2D eigenvalue weighted by atomic mass is 16.5. The van der Waals surface area contributed by atoms with E-state index in [0.717, 1.165) is 48.7 Å². The van der Waals surface area contributed by atoms with E-state index in [4.69, 9.17) is 9.72 Å². The normalized spacial score (nSPS) is 18.9. The van der Waals surface area contributed by atoms with Crippen molar-refractivity contribution in [1.29, 1.82) is 0 Å². The van der Waals surface area contributed by atoms with Crippen molar-refractivity contribution in [3.8, 4) is 11.5 Å². The van der Waals surface area contributed by atoms with E-state index in [9.17, 15) is 14.7 Å². The number of nitrogens with zero attached hydrogens (tertiary/aromatic N) is 4. The number of imidazole rings is 1. The first-order chi connectivity index (χ1) is 18.8. The number of aliphatic hydroxyl groups excluding tert-OH is 1. The number of aromatic nitrogens is 4. The van der Waals surface area contributed by atoms with Gasteiger partial charge in [-0.25, -0.2) is 4.98 Å². The largest absolute Gasteiger partial charge is 0.457 e. The maximum Gasteiger partial charge on any atom is 0.274 e. The van der Waals surface area contributed by atoms with Crippen LogP contribution in [0.15, 0.2) is 53.6 Å². The number of rotatable bonds is 9. The molecule has 6 rings (SSSR count). The predicted octanol–water partition coefficient (Wildman–Crippen LogP) is 4.84. The van der Waals surface area contributed by atoms with Crippen LogP contribution >= 0.6 is 0 Å². The van der Waals surface area contributed by atoms with Crippen LogP contribution in [-0.4, -0.2) is 36.1 Å². The predicted molar refractivity (Wildman–Crippen MR) is 149 cm³/mol. The summed E-state index contributed by atoms with van der Waals surface area (Å²) in [5, 5.41) is 13.6. The molecule has 2 aliphatic carbocycles. The lowest BCUT2D eigenvalue weighted by molar-refractivity contribution is -0.116. The Balaban J connectivity index is 1.27. The minimum absolute atomic E-state index is 0.0431. The van der Waals surface area contributed by atoms with Gasteiger partial charge in [0.1, 0.15) is 23.0 Å². The first-order valence-electron chi connectivity index (χ1n) is 13.6. The van der Waals surface area contributed by atoms with Crippen LogP contribution in [-0.2, 0) is 24.8 Å². The highest BCUT2D eigenvalue weighted by molar-refractivity contribution is 5.81. The highest BCUT2D eigenvalue weighted by Crippen LogP contribution is 2.40. The summed E-state index contributed by atoms with van der Waals surface area (Å²) >= 11 is 0. The maximum atomic E-state index is 13.5. The van der Waals surface area contributed by atoms with E-state index in [0.29, 0.717) is 41.3 Å². The molecule has 0 spiro atoms. The lowest BCUT2D eigenvalue weighted by Gasteiger charge is -2.18. The lowest BCUT2D eigenvalue weighted by Crippen LogP contribution is -2.29. The summed E-state index contributed by atoms with van der Waals surface area (Å²) in [6.45, 7) is 2.07. The third-order valence-electron chi connectivity index (χ3n) is 7.76. The Morgan fingerprint density at radius 2 is 1.95 bits per heavy atom. The minimum atomic E-state index is -0.345. The average molecular weight is 528 g/mol. The number of hydrogen-bond acceptors (Lipinski definition) is 7. The maximum absolute atomic E-state index is 13.5. The number of benzene rings is 1. The Bertz CT molecular complexity index is 1600. The monoisotopic (exact) mass is 527 g/mol. The van der Waals surface area contributed by atoms with Gasteiger partial charge in [0, 0.05) is 50.5 Å². The standard InChI is InChI=1S/C30H33N5O4/c1-18(36)12-22-14-24(10-11-31-22)39-23-8-9-25-27(15-23)34(2)30(32-25)33-26-13-21(19-6-7-19)17-35(29(26)38)16-20-4-3-5-28(20)37/h8-11,13-15,17,19-20,28,37H,3-7,12,16H2,1-2H3,(H,32,33)/t20-,28+/m1/s1. The molecule has 0 amide bonds. The summed E-state index contributed by atoms with van der Waals surface area (Å²) in [6.07, 6.45) is 8.54. The van der Waals surface area contributed by atoms with Gasteiger partial charge in [-0.3, -0.25) is 14.6 Å². The van der Waals surface area contributed by atoms with Gasteiger partial charge in [-0.1, -0.05) is 6.42 Å². The van der Waals surface area contributed by atoms with E-state index in [1.807, 2.05) is 42.1 Å². The van der Waals surface area contributed by atoms with Crippen molar-refractivity contribution in [2.24, 2.45) is 13.0 Å². The fourth-order valence-corrected chi connectivity index (χ4v) is 5.48. The number of ether oxygens (including phenoxy) is 1. The molecule has 4 aromatic rings. The Labute approximate surface area is 226 Å². The number of carbonyl (C=O) groups is 1. The van der Waals surface area contributed by atoms with Crippen LogP contribution in [0.5, 0.6) is 11.5 Å². The number of pyridine rings is 2. The van der Waals surface area contributed by atoms with Crippen molar-refractivity contribution >= 4 is 28.5 Å². The van der Waals surface area contributed by atoms with Crippen LogP contribution in [0, 0.1) is 5.92 Å². The molecule has 2 fully saturated rings. The van der Waals surface area contributed by atoms with E-state index in [1.165, 1.54) is 6.92 Å². The van der Waals surface area contributed by atoms with Gasteiger partial charge >= 0.3 is 0 Å². The molecule has 3 heterocycles. The molecule has 0 unspecified atom stereocenters. The van der Waals surface area contributed by atoms with Gasteiger partial charge in [0.15, 0.2) is 0 Å². The van der Waals surface area contributed by atoms with Crippen LogP contribution in [0.4, 0.5) is 11.6 Å². The highest BCUT2D eigenvalue weighted by Gasteiger charge is 2.29. The molecule has 0 aliphatic heterocycles. The SMILES string of the molecule is CC(=O)Cc1cc(Oc2ccc3nc(Nc4cc(C5CC5)cn(C[C@H]5CCC[C@@H]5O)c4=O)n(C)c3c2)ccn1. The first kappa shape index (κ1) is 25.3. The number of anilines is 2. The van der Waals surface area contributed by atoms with Crippen LogP contribution in [0.2, 0.25) is 0 Å². The molecule has 202 valence electrons. The van der Waals surface area contributed by atoms with E-state index in [2.05, 4.69) is 10.3 Å². The molecule has 0 saturated heterocycles. The van der Waals surface area contributed by atoms with Gasteiger partial charge in [-0.05, 0) is 68.4 Å². The van der Waals surface area contributed by atoms with Gasteiger partial charge in [0.05, 0.1) is 22.8 Å². The topological polar surface area (TPSA) is 111 Å². The minimum Gasteiger partial charge on any atom is -0.457 e. The lowest BCUT2D eigenvalue weighted by atomic mass is 10.1. The van der Waals surface area contributed by atoms with Crippen molar-refractivity contribution in [3.05, 3.63) is 70.4 Å². The number of aryl methyl sites for hydroxylation is 1. The summed E-state index contributed by atoms with van der Waals surface area (Å²) < 4.78 is 9.74. The van der Waals surface area contributed by atoms with Gasteiger partial charge in [0.2, 0.25) is 5.95 Å². The number of carbonyl (C=O) groups excluding carboxylic acids is 1. The summed E-state index contributed by atoms with van der Waals surface area (Å²) in [7, 11) is 1.90. The molecule has 2 aliphatic rings. The molecule has 39 heavy (non-hydrogen) atoms. The summed E-state index contributed by atoms with van der Waals surface area (Å²) in [4.78, 5) is 33.9. The fourth-order valence-electron chi connectivity index (χ4n) is 5.48. The second-order valence-corrected chi connectivity index (χ2v) is 10.9. The van der Waals surface area contributed by atoms with Gasteiger partial charge in [-0.15, -0.1) is 0 Å². The zero-order valence-electron chi connectivity index (χ0n) is 22.3. The number of Topliss-reactive ketones (excluding diaryl/α,β-unsaturated/α-hetero) is 1. The molecule has 0 radical (unpaired) electrons. The van der Waals surface area contributed by atoms with E-state index in [1.54, 1.807) is 22.9 Å². The third-order valence-corrected chi connectivity index (χ3v) is 7.76. The Kier molecular flexibility index (Phi) is 6.68. The molecule has 9 nitrogen and oxygen atoms in total. The van der Waals surface area contributed by atoms with Gasteiger partial charge < -0.3 is 24.3 Å². The van der Waals surface area contributed by atoms with E-state index < -0.39 is 0 Å². The van der Waals surface area contributed by atoms with E-state index >= 15 is 0 Å². The molecule has 2 atom stereocenters. The van der Waals surface area contributed by atoms with Crippen molar-refractivity contribution in [3.63, 3.8) is 0 Å². The zero-order valence-corrected chi connectivity index (χ0v) is 22.3. The average Bonchev–Trinajstić information content (AvgIpc) is 3.61. The van der Waals surface area contributed by atoms with Gasteiger partial charge in [0.25, 0.3) is 5.56 Å². The van der Waals surface area contributed by atoms with Crippen molar-refractivity contribution in [2.45, 2.75) is 64.0 Å². The van der Waals surface area contributed by atoms with E-state index in [-0.39, 0.29) is 29.8 Å². The van der Waals surface area contributed by atoms with Crippen molar-refractivity contribution < 1.29 is 14.6 Å². The first-order valence-corrected chi connectivity index (χ1v) is 13.6. The summed E-state index contributed by atoms with van der Waals surface area (Å²) in [6, 6.07) is 11.1. The number of aliphatic hydroxyl groups is 1. The van der Waals surface area contributed by atoms with Gasteiger partial charge in [-0.2, -0.15) is 0 Å². The Morgan fingerprint density at radius 1 is 1.13 bits per heavy atom. The number of fused-ring (bicyclic) bond motifs is 1. The second-order valence-electron chi connectivity index (χ2n) is 10.9. The fraction of sp³-hybridized carbons (Fsp3) is 0.400. The quantitative estimate of drug-likeness (QED) is 0.321. The van der Waals surface area contributed by atoms with Crippen LogP contribution in [0.1, 0.15) is 56.2 Å².